The molecule has 0 fully saturated rings. The Labute approximate surface area is 204 Å². The number of carbonyl (C=O) groups excluding carboxylic acids is 2. The predicted octanol–water partition coefficient (Wildman–Crippen LogP) is 6.53. The monoisotopic (exact) mass is 467 g/mol. The molecule has 0 saturated heterocycles. The highest BCUT2D eigenvalue weighted by molar-refractivity contribution is 6.06. The summed E-state index contributed by atoms with van der Waals surface area (Å²) in [4.78, 5) is 26.2. The highest BCUT2D eigenvalue weighted by atomic mass is 16.5. The molecule has 0 spiro atoms. The van der Waals surface area contributed by atoms with E-state index >= 15 is 0 Å². The third-order valence-electron chi connectivity index (χ3n) is 5.27. The molecule has 176 valence electrons. The van der Waals surface area contributed by atoms with Gasteiger partial charge >= 0.3 is 5.97 Å². The molecule has 4 aromatic rings. The van der Waals surface area contributed by atoms with E-state index in [-0.39, 0.29) is 5.91 Å². The lowest BCUT2D eigenvalue weighted by Gasteiger charge is -2.23. The number of hydrogen-bond acceptors (Lipinski definition) is 5. The second-order valence-corrected chi connectivity index (χ2v) is 7.70. The summed E-state index contributed by atoms with van der Waals surface area (Å²) in [5.41, 5.74) is 2.46. The summed E-state index contributed by atoms with van der Waals surface area (Å²) in [6.07, 6.45) is 0. The summed E-state index contributed by atoms with van der Waals surface area (Å²) >= 11 is 0. The minimum atomic E-state index is -0.511. The molecule has 0 aliphatic heterocycles. The largest absolute Gasteiger partial charge is 0.489 e. The summed E-state index contributed by atoms with van der Waals surface area (Å²) in [6, 6.07) is 31.2. The second kappa shape index (κ2) is 11.0. The van der Waals surface area contributed by atoms with Crippen LogP contribution in [0.3, 0.4) is 0 Å². The van der Waals surface area contributed by atoms with Gasteiger partial charge in [-0.2, -0.15) is 0 Å². The van der Waals surface area contributed by atoms with E-state index in [0.717, 1.165) is 11.3 Å². The fraction of sp³-hybridized carbons (Fsp3) is 0.103. The van der Waals surface area contributed by atoms with E-state index in [9.17, 15) is 9.59 Å². The van der Waals surface area contributed by atoms with Crippen LogP contribution < -0.4 is 14.4 Å². The van der Waals surface area contributed by atoms with E-state index < -0.39 is 5.97 Å². The van der Waals surface area contributed by atoms with Crippen molar-refractivity contribution in [3.63, 3.8) is 0 Å². The van der Waals surface area contributed by atoms with Crippen molar-refractivity contribution in [1.82, 2.24) is 0 Å². The number of hydrogen-bond donors (Lipinski definition) is 0. The Balaban J connectivity index is 1.45. The van der Waals surface area contributed by atoms with Gasteiger partial charge in [0, 0.05) is 12.6 Å². The number of amides is 1. The molecule has 4 rings (SSSR count). The van der Waals surface area contributed by atoms with Crippen LogP contribution in [0, 0.1) is 0 Å². The molecule has 35 heavy (non-hydrogen) atoms. The first-order chi connectivity index (χ1) is 17.0. The molecule has 0 radical (unpaired) electrons. The van der Waals surface area contributed by atoms with Crippen LogP contribution in [0.15, 0.2) is 103 Å². The Hall–Kier alpha value is -4.58. The van der Waals surface area contributed by atoms with Gasteiger partial charge < -0.3 is 14.2 Å². The highest BCUT2D eigenvalue weighted by Gasteiger charge is 2.21. The van der Waals surface area contributed by atoms with Crippen LogP contribution in [0.1, 0.15) is 22.8 Å². The molecule has 0 aliphatic carbocycles. The Morgan fingerprint density at radius 3 is 1.91 bits per heavy atom. The van der Waals surface area contributed by atoms with Crippen LogP contribution in [0.5, 0.6) is 17.2 Å². The predicted molar refractivity (Wildman–Crippen MR) is 134 cm³/mol. The van der Waals surface area contributed by atoms with E-state index in [4.69, 9.17) is 14.2 Å². The summed E-state index contributed by atoms with van der Waals surface area (Å²) in [5, 5.41) is 0. The minimum Gasteiger partial charge on any atom is -0.489 e. The van der Waals surface area contributed by atoms with Crippen molar-refractivity contribution in [1.29, 1.82) is 0 Å². The number of carbonyl (C=O) groups is 2. The fourth-order valence-corrected chi connectivity index (χ4v) is 3.59. The van der Waals surface area contributed by atoms with Crippen molar-refractivity contribution in [3.8, 4) is 17.2 Å². The lowest BCUT2D eigenvalue weighted by molar-refractivity contribution is -0.115. The van der Waals surface area contributed by atoms with Crippen LogP contribution >= 0.6 is 0 Å². The van der Waals surface area contributed by atoms with Crippen molar-refractivity contribution in [2.45, 2.75) is 13.5 Å². The molecule has 0 saturated carbocycles. The van der Waals surface area contributed by atoms with Gasteiger partial charge in [0.1, 0.15) is 23.9 Å². The second-order valence-electron chi connectivity index (χ2n) is 7.70. The highest BCUT2D eigenvalue weighted by Crippen LogP contribution is 2.32. The summed E-state index contributed by atoms with van der Waals surface area (Å²) < 4.78 is 16.6. The van der Waals surface area contributed by atoms with Gasteiger partial charge in [-0.05, 0) is 66.2 Å². The molecule has 0 aliphatic rings. The van der Waals surface area contributed by atoms with E-state index in [1.165, 1.54) is 18.9 Å². The van der Waals surface area contributed by atoms with Crippen LogP contribution in [0.25, 0.3) is 0 Å². The summed E-state index contributed by atoms with van der Waals surface area (Å²) in [7, 11) is 1.31. The number of ether oxygens (including phenoxy) is 3. The van der Waals surface area contributed by atoms with Crippen molar-refractivity contribution in [2.24, 2.45) is 0 Å². The molecule has 0 aromatic heterocycles. The number of esters is 1. The fourth-order valence-electron chi connectivity index (χ4n) is 3.59. The number of methoxy groups -OCH3 is 1. The Morgan fingerprint density at radius 2 is 1.29 bits per heavy atom. The first-order valence-corrected chi connectivity index (χ1v) is 11.1. The lowest BCUT2D eigenvalue weighted by Crippen LogP contribution is -2.25. The normalized spacial score (nSPS) is 10.3. The molecular weight excluding hydrogens is 442 g/mol. The Bertz CT molecular complexity index is 1280. The van der Waals surface area contributed by atoms with Crippen molar-refractivity contribution in [3.05, 3.63) is 114 Å². The van der Waals surface area contributed by atoms with Crippen LogP contribution in [0.4, 0.5) is 11.4 Å². The van der Waals surface area contributed by atoms with E-state index in [1.807, 2.05) is 54.6 Å². The number of nitrogens with zero attached hydrogens (tertiary/aromatic N) is 1. The van der Waals surface area contributed by atoms with Gasteiger partial charge in [-0.15, -0.1) is 0 Å². The average Bonchev–Trinajstić information content (AvgIpc) is 2.90. The van der Waals surface area contributed by atoms with Gasteiger partial charge in [0.2, 0.25) is 5.91 Å². The molecule has 0 bridgehead atoms. The van der Waals surface area contributed by atoms with Crippen molar-refractivity contribution >= 4 is 23.3 Å². The number of rotatable bonds is 8. The summed E-state index contributed by atoms with van der Waals surface area (Å²) in [6.45, 7) is 1.94. The van der Waals surface area contributed by atoms with Crippen molar-refractivity contribution in [2.75, 3.05) is 12.0 Å². The zero-order chi connectivity index (χ0) is 24.6. The lowest BCUT2D eigenvalue weighted by atomic mass is 10.1. The molecular formula is C29H25NO5. The van der Waals surface area contributed by atoms with Gasteiger partial charge in [-0.25, -0.2) is 4.79 Å². The molecule has 0 unspecified atom stereocenters. The van der Waals surface area contributed by atoms with Gasteiger partial charge in [0.15, 0.2) is 0 Å². The van der Waals surface area contributed by atoms with Gasteiger partial charge in [0.25, 0.3) is 0 Å². The Kier molecular flexibility index (Phi) is 7.43. The smallest absolute Gasteiger partial charge is 0.339 e. The average molecular weight is 468 g/mol. The molecule has 4 aromatic carbocycles. The molecule has 0 N–H and O–H groups in total. The zero-order valence-electron chi connectivity index (χ0n) is 19.5. The number of para-hydroxylation sites is 1. The van der Waals surface area contributed by atoms with Gasteiger partial charge in [0.05, 0.1) is 18.4 Å². The SMILES string of the molecule is COC(=O)c1ccccc1N(C(C)=O)c1ccc(Oc2ccc(OCc3ccccc3)cc2)cc1. The topological polar surface area (TPSA) is 65.1 Å². The van der Waals surface area contributed by atoms with E-state index in [1.54, 1.807) is 48.5 Å². The van der Waals surface area contributed by atoms with E-state index in [0.29, 0.717) is 35.0 Å². The molecule has 6 nitrogen and oxygen atoms in total. The van der Waals surface area contributed by atoms with Gasteiger partial charge in [-0.1, -0.05) is 42.5 Å². The molecule has 0 heterocycles. The quantitative estimate of drug-likeness (QED) is 0.276. The Morgan fingerprint density at radius 1 is 0.714 bits per heavy atom. The van der Waals surface area contributed by atoms with Crippen LogP contribution in [-0.4, -0.2) is 19.0 Å². The maximum absolute atomic E-state index is 12.5. The first kappa shape index (κ1) is 23.6. The number of anilines is 2. The van der Waals surface area contributed by atoms with Crippen molar-refractivity contribution < 1.29 is 23.8 Å². The third kappa shape index (κ3) is 5.86. The standard InChI is InChI=1S/C29H25NO5/c1-21(31)30(28-11-7-6-10-27(28)29(32)33-2)23-12-14-25(15-13-23)35-26-18-16-24(17-19-26)34-20-22-8-4-3-5-9-22/h3-19H,20H2,1-2H3. The summed E-state index contributed by atoms with van der Waals surface area (Å²) in [5.74, 6) is 1.27. The third-order valence-corrected chi connectivity index (χ3v) is 5.27. The zero-order valence-corrected chi connectivity index (χ0v) is 19.5. The van der Waals surface area contributed by atoms with E-state index in [2.05, 4.69) is 0 Å². The number of benzene rings is 4. The van der Waals surface area contributed by atoms with Gasteiger partial charge in [-0.3, -0.25) is 9.69 Å². The maximum Gasteiger partial charge on any atom is 0.339 e. The maximum atomic E-state index is 12.5. The first-order valence-electron chi connectivity index (χ1n) is 11.1. The van der Waals surface area contributed by atoms with Crippen LogP contribution in [-0.2, 0) is 16.1 Å². The molecule has 6 heteroatoms. The minimum absolute atomic E-state index is 0.235. The molecule has 1 amide bonds. The van der Waals surface area contributed by atoms with Crippen LogP contribution in [0.2, 0.25) is 0 Å². The molecule has 0 atom stereocenters.